The third-order valence-electron chi connectivity index (χ3n) is 9.34. The van der Waals surface area contributed by atoms with Gasteiger partial charge in [0.05, 0.1) is 18.2 Å². The highest BCUT2D eigenvalue weighted by Crippen LogP contribution is 2.33. The fraction of sp³-hybridized carbons (Fsp3) is 0.342. The van der Waals surface area contributed by atoms with Crippen molar-refractivity contribution in [1.82, 2.24) is 15.2 Å². The molecule has 2 heterocycles. The second-order valence-electron chi connectivity index (χ2n) is 12.6. The molecule has 6 atom stereocenters. The van der Waals surface area contributed by atoms with Crippen molar-refractivity contribution in [2.24, 2.45) is 11.8 Å². The molecule has 3 aromatic carbocycles. The van der Waals surface area contributed by atoms with E-state index in [0.29, 0.717) is 32.1 Å². The molecule has 4 aromatic rings. The highest BCUT2D eigenvalue weighted by Gasteiger charge is 2.41. The SMILES string of the molecule is O=C(NC1c2ccccc2C[C@H]1O)[C@H](Cc1ccccc1)C[C@H](O)CN1C(=O)C(Cc2ccncc2)C[C@@H]1Cc1ccccc1. The van der Waals surface area contributed by atoms with Crippen LogP contribution in [0.5, 0.6) is 0 Å². The summed E-state index contributed by atoms with van der Waals surface area (Å²) in [6, 6.07) is 31.1. The van der Waals surface area contributed by atoms with Gasteiger partial charge >= 0.3 is 0 Å². The zero-order chi connectivity index (χ0) is 31.2. The van der Waals surface area contributed by atoms with Gasteiger partial charge in [0.2, 0.25) is 11.8 Å². The van der Waals surface area contributed by atoms with E-state index in [-0.39, 0.29) is 36.7 Å². The van der Waals surface area contributed by atoms with Crippen LogP contribution in [0.3, 0.4) is 0 Å². The van der Waals surface area contributed by atoms with E-state index in [4.69, 9.17) is 0 Å². The lowest BCUT2D eigenvalue weighted by Gasteiger charge is -2.29. The molecule has 1 fully saturated rings. The van der Waals surface area contributed by atoms with Gasteiger partial charge in [0.15, 0.2) is 0 Å². The first-order valence-electron chi connectivity index (χ1n) is 16.0. The second kappa shape index (κ2) is 14.2. The normalized spacial score (nSPS) is 22.2. The third-order valence-corrected chi connectivity index (χ3v) is 9.34. The predicted octanol–water partition coefficient (Wildman–Crippen LogP) is 4.47. The summed E-state index contributed by atoms with van der Waals surface area (Å²) in [6.45, 7) is 0.163. The number of pyridine rings is 1. The summed E-state index contributed by atoms with van der Waals surface area (Å²) in [5.41, 5.74) is 5.18. The molecule has 1 aromatic heterocycles. The summed E-state index contributed by atoms with van der Waals surface area (Å²) in [4.78, 5) is 33.6. The Balaban J connectivity index is 1.18. The minimum Gasteiger partial charge on any atom is -0.391 e. The number of likely N-dealkylation sites (tertiary alicyclic amines) is 1. The van der Waals surface area contributed by atoms with Gasteiger partial charge in [-0.15, -0.1) is 0 Å². The van der Waals surface area contributed by atoms with Gasteiger partial charge in [0.25, 0.3) is 0 Å². The quantitative estimate of drug-likeness (QED) is 0.222. The average Bonchev–Trinajstić information content (AvgIpc) is 3.52. The van der Waals surface area contributed by atoms with E-state index in [2.05, 4.69) is 22.4 Å². The molecule has 0 bridgehead atoms. The van der Waals surface area contributed by atoms with E-state index >= 15 is 0 Å². The molecular weight excluding hydrogens is 562 g/mol. The first-order chi connectivity index (χ1) is 21.9. The molecule has 0 spiro atoms. The van der Waals surface area contributed by atoms with E-state index in [1.54, 1.807) is 12.4 Å². The number of rotatable bonds is 12. The van der Waals surface area contributed by atoms with Crippen LogP contribution in [0.15, 0.2) is 109 Å². The number of nitrogens with zero attached hydrogens (tertiary/aromatic N) is 2. The van der Waals surface area contributed by atoms with Crippen LogP contribution in [0, 0.1) is 11.8 Å². The number of fused-ring (bicyclic) bond motifs is 1. The van der Waals surface area contributed by atoms with Crippen LogP contribution >= 0.6 is 0 Å². The Bertz CT molecular complexity index is 1570. The number of β-amino-alcohol motifs (C(OH)–C–C–N with tert-alkyl or cyclic N) is 1. The summed E-state index contributed by atoms with van der Waals surface area (Å²) < 4.78 is 0. The van der Waals surface area contributed by atoms with E-state index in [9.17, 15) is 19.8 Å². The number of hydrogen-bond acceptors (Lipinski definition) is 5. The van der Waals surface area contributed by atoms with Crippen molar-refractivity contribution in [3.05, 3.63) is 137 Å². The summed E-state index contributed by atoms with van der Waals surface area (Å²) >= 11 is 0. The van der Waals surface area contributed by atoms with Crippen molar-refractivity contribution >= 4 is 11.8 Å². The molecule has 6 rings (SSSR count). The third kappa shape index (κ3) is 7.49. The number of aliphatic hydroxyl groups excluding tert-OH is 2. The Morgan fingerprint density at radius 2 is 1.51 bits per heavy atom. The van der Waals surface area contributed by atoms with Gasteiger partial charge in [-0.3, -0.25) is 14.6 Å². The monoisotopic (exact) mass is 603 g/mol. The van der Waals surface area contributed by atoms with Crippen LogP contribution in [0.4, 0.5) is 0 Å². The van der Waals surface area contributed by atoms with Gasteiger partial charge in [-0.2, -0.15) is 0 Å². The van der Waals surface area contributed by atoms with Gasteiger partial charge < -0.3 is 20.4 Å². The van der Waals surface area contributed by atoms with Crippen LogP contribution in [0.1, 0.15) is 46.7 Å². The van der Waals surface area contributed by atoms with Gasteiger partial charge in [0.1, 0.15) is 0 Å². The number of carbonyl (C=O) groups is 2. The number of aromatic nitrogens is 1. The summed E-state index contributed by atoms with van der Waals surface area (Å²) in [5, 5.41) is 25.4. The van der Waals surface area contributed by atoms with Crippen molar-refractivity contribution in [1.29, 1.82) is 0 Å². The van der Waals surface area contributed by atoms with Crippen molar-refractivity contribution in [2.45, 2.75) is 62.8 Å². The minimum absolute atomic E-state index is 0.0431. The molecule has 7 nitrogen and oxygen atoms in total. The lowest BCUT2D eigenvalue weighted by Crippen LogP contribution is -2.43. The number of aliphatic hydroxyl groups is 2. The van der Waals surface area contributed by atoms with Gasteiger partial charge in [-0.1, -0.05) is 84.9 Å². The van der Waals surface area contributed by atoms with Crippen molar-refractivity contribution < 1.29 is 19.8 Å². The van der Waals surface area contributed by atoms with E-state index in [0.717, 1.165) is 27.8 Å². The molecule has 2 aliphatic rings. The average molecular weight is 604 g/mol. The van der Waals surface area contributed by atoms with Crippen molar-refractivity contribution in [3.8, 4) is 0 Å². The number of benzene rings is 3. The Kier molecular flexibility index (Phi) is 9.67. The number of amides is 2. The van der Waals surface area contributed by atoms with Gasteiger partial charge in [-0.05, 0) is 72.1 Å². The summed E-state index contributed by atoms with van der Waals surface area (Å²) in [5.74, 6) is -0.884. The Morgan fingerprint density at radius 1 is 0.867 bits per heavy atom. The summed E-state index contributed by atoms with van der Waals surface area (Å²) in [7, 11) is 0. The lowest BCUT2D eigenvalue weighted by molar-refractivity contribution is -0.133. The largest absolute Gasteiger partial charge is 0.391 e. The van der Waals surface area contributed by atoms with E-state index in [1.807, 2.05) is 89.8 Å². The van der Waals surface area contributed by atoms with Crippen LogP contribution in [-0.4, -0.2) is 56.7 Å². The van der Waals surface area contributed by atoms with Gasteiger partial charge in [-0.25, -0.2) is 0 Å². The molecule has 1 saturated heterocycles. The smallest absolute Gasteiger partial charge is 0.226 e. The highest BCUT2D eigenvalue weighted by molar-refractivity contribution is 5.82. The Labute approximate surface area is 265 Å². The maximum absolute atomic E-state index is 13.8. The first kappa shape index (κ1) is 30.7. The van der Waals surface area contributed by atoms with Crippen LogP contribution < -0.4 is 5.32 Å². The molecule has 3 N–H and O–H groups in total. The fourth-order valence-electron chi connectivity index (χ4n) is 7.09. The summed E-state index contributed by atoms with van der Waals surface area (Å²) in [6.07, 6.45) is 5.07. The molecule has 232 valence electrons. The minimum atomic E-state index is -0.896. The van der Waals surface area contributed by atoms with E-state index in [1.165, 1.54) is 0 Å². The standard InChI is InChI=1S/C38H41N3O4/c42-33(25-41-32(21-27-11-5-2-6-12-27)22-31(38(41)45)20-28-15-17-39-18-16-28)23-30(19-26-9-3-1-4-10-26)37(44)40-36-34-14-8-7-13-29(34)24-35(36)43/h1-18,30-33,35-36,42-43H,19-25H2,(H,40,44)/t30-,31?,32+,33+,35-,36?/m1/s1. The maximum Gasteiger partial charge on any atom is 0.226 e. The highest BCUT2D eigenvalue weighted by atomic mass is 16.3. The number of carbonyl (C=O) groups excluding carboxylic acids is 2. The molecule has 2 amide bonds. The molecule has 7 heteroatoms. The fourth-order valence-corrected chi connectivity index (χ4v) is 7.09. The topological polar surface area (TPSA) is 103 Å². The zero-order valence-electron chi connectivity index (χ0n) is 25.4. The Morgan fingerprint density at radius 3 is 2.24 bits per heavy atom. The Hall–Kier alpha value is -4.33. The van der Waals surface area contributed by atoms with E-state index < -0.39 is 24.2 Å². The molecule has 1 aliphatic heterocycles. The molecule has 45 heavy (non-hydrogen) atoms. The zero-order valence-corrected chi connectivity index (χ0v) is 25.4. The van der Waals surface area contributed by atoms with Crippen LogP contribution in [0.2, 0.25) is 0 Å². The molecule has 0 radical (unpaired) electrons. The number of hydrogen-bond donors (Lipinski definition) is 3. The van der Waals surface area contributed by atoms with Crippen LogP contribution in [0.25, 0.3) is 0 Å². The van der Waals surface area contributed by atoms with Crippen molar-refractivity contribution in [2.75, 3.05) is 6.54 Å². The van der Waals surface area contributed by atoms with Crippen LogP contribution in [-0.2, 0) is 35.3 Å². The molecular formula is C38H41N3O4. The van der Waals surface area contributed by atoms with Crippen molar-refractivity contribution in [3.63, 3.8) is 0 Å². The lowest BCUT2D eigenvalue weighted by atomic mass is 9.91. The first-order valence-corrected chi connectivity index (χ1v) is 16.0. The molecule has 0 saturated carbocycles. The molecule has 2 unspecified atom stereocenters. The molecule has 1 aliphatic carbocycles. The number of nitrogens with one attached hydrogen (secondary N) is 1. The van der Waals surface area contributed by atoms with Gasteiger partial charge in [0, 0.05) is 43.2 Å². The maximum atomic E-state index is 13.8. The predicted molar refractivity (Wildman–Crippen MR) is 173 cm³/mol. The second-order valence-corrected chi connectivity index (χ2v) is 12.6.